The Hall–Kier alpha value is -3.62. The Kier molecular flexibility index (Phi) is 4.68. The van der Waals surface area contributed by atoms with Gasteiger partial charge in [-0.1, -0.05) is 0 Å². The smallest absolute Gasteiger partial charge is 0.345 e. The molecule has 3 aromatic rings. The first-order valence-corrected chi connectivity index (χ1v) is 8.15. The topological polar surface area (TPSA) is 135 Å². The number of carbonyl (C=O) groups excluding carboxylic acids is 1. The fraction of sp³-hybridized carbons (Fsp3) is 0.222. The minimum Gasteiger partial charge on any atom is -0.474 e. The monoisotopic (exact) mass is 369 g/mol. The van der Waals surface area contributed by atoms with Gasteiger partial charge in [0, 0.05) is 5.69 Å². The van der Waals surface area contributed by atoms with Gasteiger partial charge in [-0.05, 0) is 38.1 Å². The van der Waals surface area contributed by atoms with Gasteiger partial charge in [0.25, 0.3) is 5.56 Å². The van der Waals surface area contributed by atoms with Crippen molar-refractivity contribution in [3.05, 3.63) is 46.4 Å². The number of ether oxygens (including phenoxy) is 2. The van der Waals surface area contributed by atoms with E-state index in [1.807, 2.05) is 13.8 Å². The summed E-state index contributed by atoms with van der Waals surface area (Å²) in [5, 5.41) is 0. The Morgan fingerprint density at radius 1 is 1.19 bits per heavy atom. The molecule has 0 saturated heterocycles. The number of nitrogen functional groups attached to an aromatic ring is 2. The van der Waals surface area contributed by atoms with Crippen LogP contribution in [0, 0.1) is 0 Å². The number of esters is 1. The minimum atomic E-state index is -0.854. The number of carbonyl (C=O) groups is 1. The first kappa shape index (κ1) is 18.2. The van der Waals surface area contributed by atoms with Crippen LogP contribution in [0.5, 0.6) is 5.88 Å². The highest BCUT2D eigenvalue weighted by molar-refractivity contribution is 6.02. The highest BCUT2D eigenvalue weighted by atomic mass is 16.5. The van der Waals surface area contributed by atoms with Gasteiger partial charge in [-0.25, -0.2) is 9.78 Å². The lowest BCUT2D eigenvalue weighted by Crippen LogP contribution is -2.29. The molecule has 2 aromatic heterocycles. The van der Waals surface area contributed by atoms with E-state index in [0.29, 0.717) is 11.4 Å². The fourth-order valence-corrected chi connectivity index (χ4v) is 2.61. The number of nitrogens with zero attached hydrogens (tertiary/aromatic N) is 3. The zero-order valence-electron chi connectivity index (χ0n) is 15.1. The van der Waals surface area contributed by atoms with Gasteiger partial charge in [0.2, 0.25) is 5.88 Å². The summed E-state index contributed by atoms with van der Waals surface area (Å²) in [5.41, 5.74) is 12.0. The van der Waals surface area contributed by atoms with Gasteiger partial charge < -0.3 is 20.9 Å². The third kappa shape index (κ3) is 3.26. The molecule has 27 heavy (non-hydrogen) atoms. The van der Waals surface area contributed by atoms with Crippen LogP contribution in [0.15, 0.2) is 35.3 Å². The summed E-state index contributed by atoms with van der Waals surface area (Å²) in [6, 6.07) is 6.52. The molecule has 0 saturated carbocycles. The molecule has 0 fully saturated rings. The van der Waals surface area contributed by atoms with Crippen LogP contribution in [-0.4, -0.2) is 33.7 Å². The molecule has 0 aliphatic heterocycles. The normalized spacial score (nSPS) is 11.0. The number of rotatable bonds is 4. The Morgan fingerprint density at radius 2 is 1.85 bits per heavy atom. The van der Waals surface area contributed by atoms with Crippen LogP contribution in [0.1, 0.15) is 24.2 Å². The van der Waals surface area contributed by atoms with Gasteiger partial charge in [-0.15, -0.1) is 0 Å². The summed E-state index contributed by atoms with van der Waals surface area (Å²) in [4.78, 5) is 33.8. The van der Waals surface area contributed by atoms with E-state index in [0.717, 1.165) is 0 Å². The van der Waals surface area contributed by atoms with Crippen molar-refractivity contribution in [3.63, 3.8) is 0 Å². The van der Waals surface area contributed by atoms with E-state index in [2.05, 4.69) is 9.97 Å². The second-order valence-corrected chi connectivity index (χ2v) is 6.06. The summed E-state index contributed by atoms with van der Waals surface area (Å²) in [6.07, 6.45) is 1.25. The Bertz CT molecular complexity index is 1070. The van der Waals surface area contributed by atoms with E-state index in [4.69, 9.17) is 20.9 Å². The van der Waals surface area contributed by atoms with E-state index in [9.17, 15) is 9.59 Å². The molecule has 9 nitrogen and oxygen atoms in total. The summed E-state index contributed by atoms with van der Waals surface area (Å²) in [5.74, 6) is -0.626. The maximum Gasteiger partial charge on any atom is 0.345 e. The van der Waals surface area contributed by atoms with E-state index in [-0.39, 0.29) is 34.4 Å². The van der Waals surface area contributed by atoms with Gasteiger partial charge in [-0.2, -0.15) is 4.98 Å². The van der Waals surface area contributed by atoms with Crippen LogP contribution in [0.3, 0.4) is 0 Å². The SMILES string of the molecule is COC(=O)c1c(N)c2ncc(OC(C)C)nc2n(-c2ccc(N)cc2)c1=O. The maximum absolute atomic E-state index is 13.1. The van der Waals surface area contributed by atoms with Crippen molar-refractivity contribution in [3.8, 4) is 11.6 Å². The number of methoxy groups -OCH3 is 1. The second-order valence-electron chi connectivity index (χ2n) is 6.06. The van der Waals surface area contributed by atoms with E-state index < -0.39 is 11.5 Å². The van der Waals surface area contributed by atoms with Gasteiger partial charge in [-0.3, -0.25) is 9.36 Å². The molecule has 0 aliphatic carbocycles. The van der Waals surface area contributed by atoms with E-state index >= 15 is 0 Å². The third-order valence-corrected chi connectivity index (χ3v) is 3.78. The van der Waals surface area contributed by atoms with E-state index in [1.165, 1.54) is 17.9 Å². The molecule has 9 heteroatoms. The third-order valence-electron chi connectivity index (χ3n) is 3.78. The number of anilines is 2. The van der Waals surface area contributed by atoms with Gasteiger partial charge in [0.05, 0.1) is 30.8 Å². The highest BCUT2D eigenvalue weighted by Gasteiger charge is 2.24. The summed E-state index contributed by atoms with van der Waals surface area (Å²) in [6.45, 7) is 3.68. The Balaban J connectivity index is 2.42. The lowest BCUT2D eigenvalue weighted by atomic mass is 10.2. The van der Waals surface area contributed by atoms with Crippen molar-refractivity contribution >= 4 is 28.5 Å². The molecular weight excluding hydrogens is 350 g/mol. The molecular formula is C18H19N5O4. The van der Waals surface area contributed by atoms with Crippen LogP contribution < -0.4 is 21.8 Å². The molecule has 0 atom stereocenters. The molecule has 0 radical (unpaired) electrons. The zero-order valence-corrected chi connectivity index (χ0v) is 15.1. The molecule has 1 aromatic carbocycles. The molecule has 3 rings (SSSR count). The van der Waals surface area contributed by atoms with Gasteiger partial charge >= 0.3 is 5.97 Å². The number of hydrogen-bond acceptors (Lipinski definition) is 8. The lowest BCUT2D eigenvalue weighted by Gasteiger charge is -2.15. The van der Waals surface area contributed by atoms with Gasteiger partial charge in [0.15, 0.2) is 11.2 Å². The van der Waals surface area contributed by atoms with Crippen LogP contribution >= 0.6 is 0 Å². The lowest BCUT2D eigenvalue weighted by molar-refractivity contribution is 0.0600. The van der Waals surface area contributed by atoms with Crippen molar-refractivity contribution in [1.82, 2.24) is 14.5 Å². The predicted octanol–water partition coefficient (Wildman–Crippen LogP) is 1.52. The zero-order chi connectivity index (χ0) is 19.7. The molecule has 140 valence electrons. The quantitative estimate of drug-likeness (QED) is 0.522. The van der Waals surface area contributed by atoms with Crippen LogP contribution in [0.4, 0.5) is 11.4 Å². The summed E-state index contributed by atoms with van der Waals surface area (Å²) in [7, 11) is 1.17. The number of aromatic nitrogens is 3. The summed E-state index contributed by atoms with van der Waals surface area (Å²) >= 11 is 0. The Labute approximate surface area is 154 Å². The average Bonchev–Trinajstić information content (AvgIpc) is 2.62. The number of benzene rings is 1. The number of nitrogens with two attached hydrogens (primary N) is 2. The first-order chi connectivity index (χ1) is 12.8. The minimum absolute atomic E-state index is 0.0999. The van der Waals surface area contributed by atoms with Crippen LogP contribution in [0.25, 0.3) is 16.9 Å². The standard InChI is InChI=1S/C18H19N5O4/c1-9(2)27-12-8-21-15-14(20)13(18(25)26-3)17(24)23(16(15)22-12)11-6-4-10(19)5-7-11/h4-9H,19-20H2,1-3H3. The molecule has 0 unspecified atom stereocenters. The number of hydrogen-bond donors (Lipinski definition) is 2. The molecule has 2 heterocycles. The van der Waals surface area contributed by atoms with Gasteiger partial charge in [0.1, 0.15) is 5.52 Å². The predicted molar refractivity (Wildman–Crippen MR) is 101 cm³/mol. The molecule has 4 N–H and O–H groups in total. The molecule has 0 amide bonds. The molecule has 0 bridgehead atoms. The Morgan fingerprint density at radius 3 is 2.44 bits per heavy atom. The average molecular weight is 369 g/mol. The maximum atomic E-state index is 13.1. The van der Waals surface area contributed by atoms with Crippen LogP contribution in [-0.2, 0) is 4.74 Å². The fourth-order valence-electron chi connectivity index (χ4n) is 2.61. The number of pyridine rings is 1. The second kappa shape index (κ2) is 6.94. The van der Waals surface area contributed by atoms with Crippen molar-refractivity contribution in [1.29, 1.82) is 0 Å². The van der Waals surface area contributed by atoms with Crippen molar-refractivity contribution in [2.24, 2.45) is 0 Å². The van der Waals surface area contributed by atoms with E-state index in [1.54, 1.807) is 24.3 Å². The van der Waals surface area contributed by atoms with Crippen LogP contribution in [0.2, 0.25) is 0 Å². The summed E-state index contributed by atoms with van der Waals surface area (Å²) < 4.78 is 11.5. The highest BCUT2D eigenvalue weighted by Crippen LogP contribution is 2.24. The molecule has 0 spiro atoms. The molecule has 0 aliphatic rings. The van der Waals surface area contributed by atoms with Crippen molar-refractivity contribution in [2.45, 2.75) is 20.0 Å². The number of fused-ring (bicyclic) bond motifs is 1. The van der Waals surface area contributed by atoms with Crippen molar-refractivity contribution < 1.29 is 14.3 Å². The van der Waals surface area contributed by atoms with Crippen molar-refractivity contribution in [2.75, 3.05) is 18.6 Å². The largest absolute Gasteiger partial charge is 0.474 e. The first-order valence-electron chi connectivity index (χ1n) is 8.15.